The van der Waals surface area contributed by atoms with Crippen LogP contribution in [0.3, 0.4) is 0 Å². The smallest absolute Gasteiger partial charge is 0.248 e. The lowest BCUT2D eigenvalue weighted by molar-refractivity contribution is -0.129. The number of carbonyl (C=O) groups is 2. The Labute approximate surface area is 135 Å². The number of carbonyl (C=O) groups excluding carboxylic acids is 2. The fourth-order valence-electron chi connectivity index (χ4n) is 2.72. The number of benzene rings is 1. The Morgan fingerprint density at radius 1 is 1.39 bits per heavy atom. The topological polar surface area (TPSA) is 110 Å². The van der Waals surface area contributed by atoms with Crippen LogP contribution < -0.4 is 10.5 Å². The predicted molar refractivity (Wildman–Crippen MR) is 86.2 cm³/mol. The summed E-state index contributed by atoms with van der Waals surface area (Å²) in [7, 11) is -3.37. The monoisotopic (exact) mass is 339 g/mol. The van der Waals surface area contributed by atoms with Crippen molar-refractivity contribution in [3.05, 3.63) is 35.4 Å². The average Bonchev–Trinajstić information content (AvgIpc) is 2.93. The summed E-state index contributed by atoms with van der Waals surface area (Å²) in [6.45, 7) is 0.998. The van der Waals surface area contributed by atoms with Crippen LogP contribution in [0.1, 0.15) is 22.3 Å². The molecule has 1 saturated heterocycles. The molecule has 8 heteroatoms. The van der Waals surface area contributed by atoms with Crippen LogP contribution in [0.15, 0.2) is 24.3 Å². The highest BCUT2D eigenvalue weighted by Crippen LogP contribution is 2.21. The standard InChI is InChI=1S/C15H21N3O4S/c1-23(21,22)17-9-14(19)18-6-5-12(10-18)7-11-3-2-4-13(8-11)15(16)20/h2-4,8,12,17H,5-7,9-10H2,1H3,(H2,16,20)/t12-/m1/s1. The van der Waals surface area contributed by atoms with Crippen molar-refractivity contribution >= 4 is 21.8 Å². The van der Waals surface area contributed by atoms with Gasteiger partial charge in [-0.3, -0.25) is 9.59 Å². The molecule has 0 saturated carbocycles. The molecule has 1 aromatic rings. The summed E-state index contributed by atoms with van der Waals surface area (Å²) in [5.41, 5.74) is 6.76. The largest absolute Gasteiger partial charge is 0.366 e. The summed E-state index contributed by atoms with van der Waals surface area (Å²) < 4.78 is 24.3. The highest BCUT2D eigenvalue weighted by Gasteiger charge is 2.26. The van der Waals surface area contributed by atoms with Gasteiger partial charge in [-0.25, -0.2) is 13.1 Å². The maximum atomic E-state index is 12.0. The highest BCUT2D eigenvalue weighted by molar-refractivity contribution is 7.88. The Morgan fingerprint density at radius 2 is 2.13 bits per heavy atom. The normalized spacial score (nSPS) is 18.1. The second-order valence-corrected chi connectivity index (χ2v) is 7.69. The van der Waals surface area contributed by atoms with E-state index in [-0.39, 0.29) is 12.5 Å². The minimum Gasteiger partial charge on any atom is -0.366 e. The summed E-state index contributed by atoms with van der Waals surface area (Å²) in [6.07, 6.45) is 2.63. The van der Waals surface area contributed by atoms with E-state index in [1.54, 1.807) is 23.1 Å². The Kier molecular flexibility index (Phi) is 5.38. The molecule has 0 unspecified atom stereocenters. The molecule has 0 spiro atoms. The molecule has 1 aromatic carbocycles. The fourth-order valence-corrected chi connectivity index (χ4v) is 3.10. The van der Waals surface area contributed by atoms with Crippen LogP contribution in [-0.2, 0) is 21.2 Å². The molecule has 1 fully saturated rings. The number of amides is 2. The van der Waals surface area contributed by atoms with E-state index in [1.807, 2.05) is 6.07 Å². The molecule has 0 radical (unpaired) electrons. The quantitative estimate of drug-likeness (QED) is 0.743. The zero-order chi connectivity index (χ0) is 17.0. The SMILES string of the molecule is CS(=O)(=O)NCC(=O)N1CC[C@H](Cc2cccc(C(N)=O)c2)C1. The van der Waals surface area contributed by atoms with E-state index in [1.165, 1.54) is 0 Å². The second kappa shape index (κ2) is 7.10. The van der Waals surface area contributed by atoms with E-state index in [4.69, 9.17) is 5.73 Å². The molecule has 1 aliphatic rings. The van der Waals surface area contributed by atoms with Crippen LogP contribution in [-0.4, -0.2) is 51.0 Å². The number of likely N-dealkylation sites (tertiary alicyclic amines) is 1. The number of hydrogen-bond donors (Lipinski definition) is 2. The molecule has 23 heavy (non-hydrogen) atoms. The lowest BCUT2D eigenvalue weighted by Crippen LogP contribution is -2.38. The van der Waals surface area contributed by atoms with Crippen molar-refractivity contribution in [1.29, 1.82) is 0 Å². The molecule has 1 atom stereocenters. The number of nitrogens with one attached hydrogen (secondary N) is 1. The van der Waals surface area contributed by atoms with Crippen molar-refractivity contribution in [3.63, 3.8) is 0 Å². The Hall–Kier alpha value is -1.93. The van der Waals surface area contributed by atoms with Gasteiger partial charge in [0.05, 0.1) is 12.8 Å². The first-order valence-electron chi connectivity index (χ1n) is 7.36. The summed E-state index contributed by atoms with van der Waals surface area (Å²) in [5, 5.41) is 0. The number of primary amides is 1. The Balaban J connectivity index is 1.89. The molecule has 0 aromatic heterocycles. The van der Waals surface area contributed by atoms with Gasteiger partial charge < -0.3 is 10.6 Å². The molecule has 2 amide bonds. The summed E-state index contributed by atoms with van der Waals surface area (Å²) in [6, 6.07) is 7.18. The van der Waals surface area contributed by atoms with Gasteiger partial charge in [-0.2, -0.15) is 0 Å². The Bertz CT molecular complexity index is 702. The van der Waals surface area contributed by atoms with Crippen molar-refractivity contribution in [2.24, 2.45) is 11.7 Å². The van der Waals surface area contributed by atoms with Gasteiger partial charge in [0.15, 0.2) is 0 Å². The van der Waals surface area contributed by atoms with Gasteiger partial charge in [0, 0.05) is 18.7 Å². The van der Waals surface area contributed by atoms with Gasteiger partial charge in [-0.05, 0) is 36.5 Å². The number of nitrogens with two attached hydrogens (primary N) is 1. The predicted octanol–water partition coefficient (Wildman–Crippen LogP) is -0.274. The Morgan fingerprint density at radius 3 is 2.78 bits per heavy atom. The van der Waals surface area contributed by atoms with Crippen molar-refractivity contribution < 1.29 is 18.0 Å². The van der Waals surface area contributed by atoms with Crippen LogP contribution in [0.5, 0.6) is 0 Å². The van der Waals surface area contributed by atoms with Gasteiger partial charge >= 0.3 is 0 Å². The second-order valence-electron chi connectivity index (χ2n) is 5.86. The van der Waals surface area contributed by atoms with Crippen LogP contribution >= 0.6 is 0 Å². The van der Waals surface area contributed by atoms with Gasteiger partial charge in [0.2, 0.25) is 21.8 Å². The van der Waals surface area contributed by atoms with Crippen molar-refractivity contribution in [1.82, 2.24) is 9.62 Å². The van der Waals surface area contributed by atoms with Crippen molar-refractivity contribution in [2.75, 3.05) is 25.9 Å². The third kappa shape index (κ3) is 5.33. The number of nitrogens with zero attached hydrogens (tertiary/aromatic N) is 1. The maximum Gasteiger partial charge on any atom is 0.248 e. The molecular formula is C15H21N3O4S. The molecule has 0 aliphatic carbocycles. The van der Waals surface area contributed by atoms with Crippen LogP contribution in [0.2, 0.25) is 0 Å². The van der Waals surface area contributed by atoms with E-state index in [0.717, 1.165) is 24.7 Å². The molecular weight excluding hydrogens is 318 g/mol. The zero-order valence-electron chi connectivity index (χ0n) is 13.0. The van der Waals surface area contributed by atoms with Crippen molar-refractivity contribution in [3.8, 4) is 0 Å². The first kappa shape index (κ1) is 17.4. The molecule has 1 heterocycles. The molecule has 1 aliphatic heterocycles. The molecule has 7 nitrogen and oxygen atoms in total. The minimum absolute atomic E-state index is 0.206. The molecule has 2 rings (SSSR count). The van der Waals surface area contributed by atoms with Crippen LogP contribution in [0, 0.1) is 5.92 Å². The molecule has 126 valence electrons. The van der Waals surface area contributed by atoms with E-state index >= 15 is 0 Å². The summed E-state index contributed by atoms with van der Waals surface area (Å²) in [5.74, 6) is -0.383. The number of sulfonamides is 1. The van der Waals surface area contributed by atoms with Crippen molar-refractivity contribution in [2.45, 2.75) is 12.8 Å². The van der Waals surface area contributed by atoms with Gasteiger partial charge in [0.25, 0.3) is 0 Å². The van der Waals surface area contributed by atoms with E-state index in [2.05, 4.69) is 4.72 Å². The van der Waals surface area contributed by atoms with Gasteiger partial charge in [0.1, 0.15) is 0 Å². The first-order chi connectivity index (χ1) is 10.7. The minimum atomic E-state index is -3.37. The van der Waals surface area contributed by atoms with Gasteiger partial charge in [-0.15, -0.1) is 0 Å². The lowest BCUT2D eigenvalue weighted by Gasteiger charge is -2.16. The number of hydrogen-bond acceptors (Lipinski definition) is 4. The van der Waals surface area contributed by atoms with Crippen LogP contribution in [0.4, 0.5) is 0 Å². The average molecular weight is 339 g/mol. The number of rotatable bonds is 6. The third-order valence-corrected chi connectivity index (χ3v) is 4.53. The van der Waals surface area contributed by atoms with E-state index in [9.17, 15) is 18.0 Å². The fraction of sp³-hybridized carbons (Fsp3) is 0.467. The van der Waals surface area contributed by atoms with E-state index < -0.39 is 15.9 Å². The molecule has 0 bridgehead atoms. The lowest BCUT2D eigenvalue weighted by atomic mass is 9.97. The summed E-state index contributed by atoms with van der Waals surface area (Å²) in [4.78, 5) is 24.8. The zero-order valence-corrected chi connectivity index (χ0v) is 13.8. The molecule has 3 N–H and O–H groups in total. The summed E-state index contributed by atoms with van der Waals surface area (Å²) >= 11 is 0. The highest BCUT2D eigenvalue weighted by atomic mass is 32.2. The van der Waals surface area contributed by atoms with Crippen LogP contribution in [0.25, 0.3) is 0 Å². The first-order valence-corrected chi connectivity index (χ1v) is 9.25. The van der Waals surface area contributed by atoms with E-state index in [0.29, 0.717) is 24.6 Å². The van der Waals surface area contributed by atoms with Gasteiger partial charge in [-0.1, -0.05) is 12.1 Å². The maximum absolute atomic E-state index is 12.0. The third-order valence-electron chi connectivity index (χ3n) is 3.86.